The minimum absolute atomic E-state index is 0. The third kappa shape index (κ3) is 181. The van der Waals surface area contributed by atoms with E-state index in [-0.39, 0.29) is 50.4 Å². The van der Waals surface area contributed by atoms with E-state index in [0.29, 0.717) is 0 Å². The zero-order valence-corrected chi connectivity index (χ0v) is 4.36. The average molecular weight is 109 g/mol. The molecular weight excluding hydrogens is 104 g/mol. The van der Waals surface area contributed by atoms with E-state index >= 15 is 0 Å². The Hall–Kier alpha value is 0.566. The van der Waals surface area contributed by atoms with Crippen LogP contribution in [0.2, 0.25) is 0 Å². The number of hydrogen-bond acceptors (Lipinski definition) is 5. The second-order valence-corrected chi connectivity index (χ2v) is 0. The van der Waals surface area contributed by atoms with Crippen molar-refractivity contribution in [3.63, 3.8) is 0 Å². The second kappa shape index (κ2) is 362. The molecule has 5 nitrogen and oxygen atoms in total. The topological polar surface area (TPSA) is 150 Å². The summed E-state index contributed by atoms with van der Waals surface area (Å²) in [6.45, 7) is 0. The van der Waals surface area contributed by atoms with Crippen molar-refractivity contribution in [1.29, 1.82) is 0 Å². The van der Waals surface area contributed by atoms with Crippen molar-refractivity contribution in [2.45, 2.75) is 0 Å². The molecule has 0 aliphatic carbocycles. The molecule has 0 bridgehead atoms. The molecule has 0 spiro atoms. The second-order valence-electron chi connectivity index (χ2n) is 0. The predicted molar refractivity (Wildman–Crippen MR) is 15.4 cm³/mol. The van der Waals surface area contributed by atoms with Crippen LogP contribution in [0.15, 0.2) is 0 Å². The van der Waals surface area contributed by atoms with Crippen LogP contribution in [0.5, 0.6) is 0 Å². The summed E-state index contributed by atoms with van der Waals surface area (Å²) in [4.78, 5) is 0. The molecule has 0 radical (unpaired) electrons. The Morgan fingerprint density at radius 3 is 0.333 bits per heavy atom. The van der Waals surface area contributed by atoms with Crippen LogP contribution in [-0.2, 0) is 0 Å². The van der Waals surface area contributed by atoms with Gasteiger partial charge in [0.05, 0.1) is 0 Å². The molecule has 0 fully saturated rings. The zero-order valence-electron chi connectivity index (χ0n) is 2.94. The predicted octanol–water partition coefficient (Wildman–Crippen LogP) is -1.26. The van der Waals surface area contributed by atoms with Crippen molar-refractivity contribution in [2.75, 3.05) is 0 Å². The standard InChI is InChI=1S/Mg.5H2O/h;5*1H2/q+2;;;;;/p-5. The van der Waals surface area contributed by atoms with E-state index in [1.54, 1.807) is 0 Å². The van der Waals surface area contributed by atoms with Crippen molar-refractivity contribution < 1.29 is 27.4 Å². The molecule has 0 saturated heterocycles. The van der Waals surface area contributed by atoms with Crippen molar-refractivity contribution in [3.05, 3.63) is 0 Å². The van der Waals surface area contributed by atoms with E-state index < -0.39 is 0 Å². The van der Waals surface area contributed by atoms with Gasteiger partial charge in [0.1, 0.15) is 0 Å². The molecule has 0 saturated carbocycles. The van der Waals surface area contributed by atoms with Crippen LogP contribution in [0.1, 0.15) is 0 Å². The van der Waals surface area contributed by atoms with Crippen LogP contribution >= 0.6 is 0 Å². The van der Waals surface area contributed by atoms with Crippen LogP contribution in [0.25, 0.3) is 0 Å². The largest absolute Gasteiger partial charge is 2.00 e. The molecule has 0 unspecified atom stereocenters. The summed E-state index contributed by atoms with van der Waals surface area (Å²) in [6, 6.07) is 0. The van der Waals surface area contributed by atoms with Gasteiger partial charge in [0.15, 0.2) is 0 Å². The summed E-state index contributed by atoms with van der Waals surface area (Å²) in [5.41, 5.74) is 0. The molecule has 0 rings (SSSR count). The first-order valence-electron chi connectivity index (χ1n) is 0. The van der Waals surface area contributed by atoms with Gasteiger partial charge in [-0.3, -0.25) is 0 Å². The quantitative estimate of drug-likeness (QED) is 0.355. The fraction of sp³-hybridized carbons (Fsp3) is 0. The van der Waals surface area contributed by atoms with Crippen molar-refractivity contribution in [1.82, 2.24) is 0 Å². The third-order valence-corrected chi connectivity index (χ3v) is 0. The van der Waals surface area contributed by atoms with Gasteiger partial charge in [-0.05, 0) is 0 Å². The molecule has 0 amide bonds. The van der Waals surface area contributed by atoms with Crippen LogP contribution in [0.4, 0.5) is 0 Å². The van der Waals surface area contributed by atoms with E-state index in [0.717, 1.165) is 0 Å². The molecule has 40 valence electrons. The Bertz CT molecular complexity index is 3.90. The van der Waals surface area contributed by atoms with Gasteiger partial charge in [0, 0.05) is 0 Å². The molecule has 6 heteroatoms. The normalized spacial score (nSPS) is 0. The molecular formula is H5MgO5-3. The fourth-order valence-corrected chi connectivity index (χ4v) is 0. The first-order chi connectivity index (χ1) is 0. The first-order valence-corrected chi connectivity index (χ1v) is 0. The molecule has 0 aliphatic heterocycles. The van der Waals surface area contributed by atoms with Crippen LogP contribution < -0.4 is 0 Å². The average Bonchev–Trinajstić information content (AvgIpc) is 0. The molecule has 0 heterocycles. The molecule has 0 aromatic carbocycles. The van der Waals surface area contributed by atoms with Gasteiger partial charge >= 0.3 is 23.1 Å². The van der Waals surface area contributed by atoms with Gasteiger partial charge in [-0.25, -0.2) is 0 Å². The Kier molecular flexibility index (Phi) is 38300. The Labute approximate surface area is 51.0 Å². The van der Waals surface area contributed by atoms with E-state index in [2.05, 4.69) is 0 Å². The Morgan fingerprint density at radius 1 is 0.333 bits per heavy atom. The van der Waals surface area contributed by atoms with Gasteiger partial charge in [-0.15, -0.1) is 0 Å². The maximum Gasteiger partial charge on any atom is 2.00 e. The molecule has 0 aliphatic rings. The van der Waals surface area contributed by atoms with Crippen molar-refractivity contribution >= 4 is 23.1 Å². The minimum atomic E-state index is 0. The Morgan fingerprint density at radius 2 is 0.333 bits per heavy atom. The smallest absolute Gasteiger partial charge is 0.870 e. The third-order valence-electron chi connectivity index (χ3n) is 0. The molecule has 0 aromatic rings. The van der Waals surface area contributed by atoms with E-state index in [4.69, 9.17) is 0 Å². The maximum absolute atomic E-state index is 0. The maximum atomic E-state index is 0. The molecule has 0 aromatic heterocycles. The summed E-state index contributed by atoms with van der Waals surface area (Å²) in [7, 11) is 0. The fourth-order valence-electron chi connectivity index (χ4n) is 0. The summed E-state index contributed by atoms with van der Waals surface area (Å²) < 4.78 is 0. The van der Waals surface area contributed by atoms with Crippen LogP contribution in [0.3, 0.4) is 0 Å². The Balaban J connectivity index is 0. The molecule has 5 N–H and O–H groups in total. The zero-order chi connectivity index (χ0) is 0. The van der Waals surface area contributed by atoms with Crippen LogP contribution in [-0.4, -0.2) is 50.4 Å². The van der Waals surface area contributed by atoms with E-state index in [9.17, 15) is 0 Å². The van der Waals surface area contributed by atoms with Crippen LogP contribution in [0, 0.1) is 0 Å². The van der Waals surface area contributed by atoms with Gasteiger partial charge in [0.25, 0.3) is 0 Å². The summed E-state index contributed by atoms with van der Waals surface area (Å²) >= 11 is 0. The SMILES string of the molecule is [Mg+2].[OH-].[OH-].[OH-].[OH-].[OH-]. The molecule has 0 atom stereocenters. The monoisotopic (exact) mass is 109 g/mol. The van der Waals surface area contributed by atoms with Gasteiger partial charge in [-0.1, -0.05) is 0 Å². The minimum Gasteiger partial charge on any atom is -0.870 e. The van der Waals surface area contributed by atoms with Crippen molar-refractivity contribution in [3.8, 4) is 0 Å². The first kappa shape index (κ1) is 635. The van der Waals surface area contributed by atoms with Gasteiger partial charge in [-0.2, -0.15) is 0 Å². The summed E-state index contributed by atoms with van der Waals surface area (Å²) in [5, 5.41) is 0. The van der Waals surface area contributed by atoms with Crippen molar-refractivity contribution in [2.24, 2.45) is 0 Å². The van der Waals surface area contributed by atoms with E-state index in [1.807, 2.05) is 0 Å². The number of hydrogen-bond donors (Lipinski definition) is 0. The number of rotatable bonds is 0. The van der Waals surface area contributed by atoms with E-state index in [1.165, 1.54) is 0 Å². The summed E-state index contributed by atoms with van der Waals surface area (Å²) in [6.07, 6.45) is 0. The van der Waals surface area contributed by atoms with Gasteiger partial charge < -0.3 is 27.4 Å². The molecule has 6 heavy (non-hydrogen) atoms. The summed E-state index contributed by atoms with van der Waals surface area (Å²) in [5.74, 6) is 0. The van der Waals surface area contributed by atoms with Gasteiger partial charge in [0.2, 0.25) is 0 Å².